The van der Waals surface area contributed by atoms with Crippen LogP contribution in [-0.2, 0) is 4.79 Å². The highest BCUT2D eigenvalue weighted by molar-refractivity contribution is 6.04. The van der Waals surface area contributed by atoms with Crippen molar-refractivity contribution in [3.63, 3.8) is 0 Å². The van der Waals surface area contributed by atoms with E-state index in [-0.39, 0.29) is 18.4 Å². The minimum atomic E-state index is -0.209. The van der Waals surface area contributed by atoms with Crippen LogP contribution >= 0.6 is 0 Å². The number of carbonyl (C=O) groups excluding carboxylic acids is 2. The Morgan fingerprint density at radius 2 is 1.82 bits per heavy atom. The molecule has 0 aliphatic carbocycles. The summed E-state index contributed by atoms with van der Waals surface area (Å²) in [6.07, 6.45) is 4.93. The second kappa shape index (κ2) is 9.21. The molecule has 0 saturated carbocycles. The molecular weight excluding hydrogens is 356 g/mol. The average Bonchev–Trinajstić information content (AvgIpc) is 2.73. The number of nitrogens with one attached hydrogen (secondary N) is 1. The molecule has 1 saturated heterocycles. The Bertz CT molecular complexity index is 815. The summed E-state index contributed by atoms with van der Waals surface area (Å²) in [5.74, 6) is 1.13. The molecule has 148 valence electrons. The predicted octanol–water partition coefficient (Wildman–Crippen LogP) is 2.79. The van der Waals surface area contributed by atoms with Gasteiger partial charge in [0.25, 0.3) is 11.8 Å². The molecule has 0 radical (unpaired) electrons. The van der Waals surface area contributed by atoms with Gasteiger partial charge in [0.1, 0.15) is 11.6 Å². The van der Waals surface area contributed by atoms with E-state index in [0.717, 1.165) is 31.7 Å². The third-order valence-corrected chi connectivity index (χ3v) is 4.65. The Morgan fingerprint density at radius 1 is 1.11 bits per heavy atom. The lowest BCUT2D eigenvalue weighted by Gasteiger charge is -2.26. The predicted molar refractivity (Wildman–Crippen MR) is 109 cm³/mol. The molecule has 7 heteroatoms. The van der Waals surface area contributed by atoms with Crippen molar-refractivity contribution in [1.82, 2.24) is 9.88 Å². The third-order valence-electron chi connectivity index (χ3n) is 4.65. The summed E-state index contributed by atoms with van der Waals surface area (Å²) in [4.78, 5) is 32.5. The number of pyridine rings is 1. The van der Waals surface area contributed by atoms with E-state index in [0.29, 0.717) is 17.0 Å². The number of likely N-dealkylation sites (tertiary alicyclic amines) is 1. The minimum absolute atomic E-state index is 0.0199. The van der Waals surface area contributed by atoms with Gasteiger partial charge in [0, 0.05) is 44.6 Å². The van der Waals surface area contributed by atoms with Crippen LogP contribution in [0.4, 0.5) is 11.5 Å². The van der Waals surface area contributed by atoms with Gasteiger partial charge in [-0.25, -0.2) is 4.98 Å². The summed E-state index contributed by atoms with van der Waals surface area (Å²) in [6, 6.07) is 10.4. The van der Waals surface area contributed by atoms with E-state index in [2.05, 4.69) is 10.3 Å². The molecule has 2 heterocycles. The van der Waals surface area contributed by atoms with Crippen LogP contribution in [-0.4, -0.2) is 55.5 Å². The number of carbonyl (C=O) groups is 2. The van der Waals surface area contributed by atoms with Gasteiger partial charge in [-0.3, -0.25) is 9.59 Å². The average molecular weight is 382 g/mol. The van der Waals surface area contributed by atoms with E-state index in [9.17, 15) is 9.59 Å². The van der Waals surface area contributed by atoms with Gasteiger partial charge < -0.3 is 19.9 Å². The number of nitrogens with zero attached hydrogens (tertiary/aromatic N) is 3. The van der Waals surface area contributed by atoms with Gasteiger partial charge >= 0.3 is 0 Å². The van der Waals surface area contributed by atoms with Crippen molar-refractivity contribution in [2.45, 2.75) is 19.3 Å². The molecule has 1 N–H and O–H groups in total. The third kappa shape index (κ3) is 5.22. The quantitative estimate of drug-likeness (QED) is 0.832. The Kier molecular flexibility index (Phi) is 6.47. The lowest BCUT2D eigenvalue weighted by Crippen LogP contribution is -2.38. The molecule has 28 heavy (non-hydrogen) atoms. The summed E-state index contributed by atoms with van der Waals surface area (Å²) in [5.41, 5.74) is 1.19. The fraction of sp³-hybridized carbons (Fsp3) is 0.381. The number of amides is 2. The summed E-state index contributed by atoms with van der Waals surface area (Å²) in [7, 11) is 3.75. The first-order chi connectivity index (χ1) is 13.5. The van der Waals surface area contributed by atoms with Crippen molar-refractivity contribution in [1.29, 1.82) is 0 Å². The molecule has 1 aromatic carbocycles. The fourth-order valence-electron chi connectivity index (χ4n) is 3.02. The molecule has 0 unspecified atom stereocenters. The summed E-state index contributed by atoms with van der Waals surface area (Å²) < 4.78 is 5.59. The van der Waals surface area contributed by atoms with Crippen LogP contribution in [0, 0.1) is 0 Å². The van der Waals surface area contributed by atoms with Crippen LogP contribution in [0.25, 0.3) is 0 Å². The van der Waals surface area contributed by atoms with Gasteiger partial charge in [0.05, 0.1) is 0 Å². The second-order valence-corrected chi connectivity index (χ2v) is 7.01. The molecular formula is C21H26N4O3. The van der Waals surface area contributed by atoms with Crippen LogP contribution in [0.1, 0.15) is 29.6 Å². The smallest absolute Gasteiger partial charge is 0.260 e. The number of hydrogen-bond acceptors (Lipinski definition) is 5. The van der Waals surface area contributed by atoms with Crippen molar-refractivity contribution < 1.29 is 14.3 Å². The topological polar surface area (TPSA) is 74.8 Å². The lowest BCUT2D eigenvalue weighted by molar-refractivity contribution is -0.134. The number of ether oxygens (including phenoxy) is 1. The van der Waals surface area contributed by atoms with Gasteiger partial charge in [-0.2, -0.15) is 0 Å². The molecule has 3 rings (SSSR count). The van der Waals surface area contributed by atoms with E-state index in [4.69, 9.17) is 4.74 Å². The molecule has 0 spiro atoms. The van der Waals surface area contributed by atoms with Gasteiger partial charge in [0.2, 0.25) is 0 Å². The van der Waals surface area contributed by atoms with Crippen molar-refractivity contribution in [2.24, 2.45) is 0 Å². The minimum Gasteiger partial charge on any atom is -0.484 e. The number of anilines is 2. The fourth-order valence-corrected chi connectivity index (χ4v) is 3.02. The van der Waals surface area contributed by atoms with Gasteiger partial charge in [0.15, 0.2) is 6.61 Å². The molecule has 1 aromatic heterocycles. The molecule has 7 nitrogen and oxygen atoms in total. The Hall–Kier alpha value is -3.09. The van der Waals surface area contributed by atoms with E-state index < -0.39 is 0 Å². The van der Waals surface area contributed by atoms with Crippen LogP contribution in [0.2, 0.25) is 0 Å². The molecule has 0 bridgehead atoms. The van der Waals surface area contributed by atoms with E-state index in [1.807, 2.05) is 23.9 Å². The first-order valence-electron chi connectivity index (χ1n) is 9.48. The maximum absolute atomic E-state index is 12.4. The monoisotopic (exact) mass is 382 g/mol. The lowest BCUT2D eigenvalue weighted by atomic mass is 10.1. The van der Waals surface area contributed by atoms with Gasteiger partial charge in [-0.1, -0.05) is 0 Å². The van der Waals surface area contributed by atoms with E-state index in [1.54, 1.807) is 42.6 Å². The maximum Gasteiger partial charge on any atom is 0.260 e. The normalized spacial score (nSPS) is 13.7. The zero-order valence-electron chi connectivity index (χ0n) is 16.4. The highest BCUT2D eigenvalue weighted by atomic mass is 16.5. The van der Waals surface area contributed by atoms with Crippen LogP contribution in [0.15, 0.2) is 42.6 Å². The van der Waals surface area contributed by atoms with Crippen molar-refractivity contribution in [3.8, 4) is 5.75 Å². The molecule has 1 fully saturated rings. The number of rotatable bonds is 6. The number of piperidine rings is 1. The Labute approximate surface area is 165 Å². The Balaban J connectivity index is 1.53. The summed E-state index contributed by atoms with van der Waals surface area (Å²) >= 11 is 0. The number of benzene rings is 1. The summed E-state index contributed by atoms with van der Waals surface area (Å²) in [6.45, 7) is 1.67. The van der Waals surface area contributed by atoms with Crippen LogP contribution in [0.5, 0.6) is 5.75 Å². The van der Waals surface area contributed by atoms with Crippen LogP contribution in [0.3, 0.4) is 0 Å². The largest absolute Gasteiger partial charge is 0.484 e. The Morgan fingerprint density at radius 3 is 2.50 bits per heavy atom. The molecule has 2 aromatic rings. The first-order valence-corrected chi connectivity index (χ1v) is 9.48. The molecule has 0 atom stereocenters. The molecule has 1 aliphatic heterocycles. The van der Waals surface area contributed by atoms with Gasteiger partial charge in [-0.15, -0.1) is 0 Å². The van der Waals surface area contributed by atoms with Crippen molar-refractivity contribution >= 4 is 23.3 Å². The van der Waals surface area contributed by atoms with Crippen molar-refractivity contribution in [2.75, 3.05) is 44.0 Å². The molecule has 1 aliphatic rings. The SMILES string of the molecule is CN(C)c1cc(C(=O)Nc2ccc(OCC(=O)N3CCCCC3)cc2)ccn1. The van der Waals surface area contributed by atoms with Gasteiger partial charge in [-0.05, 0) is 55.7 Å². The standard InChI is InChI=1S/C21H26N4O3/c1-24(2)19-14-16(10-11-22-19)21(27)23-17-6-8-18(9-7-17)28-15-20(26)25-12-4-3-5-13-25/h6-11,14H,3-5,12-13,15H2,1-2H3,(H,23,27). The van der Waals surface area contributed by atoms with Crippen molar-refractivity contribution in [3.05, 3.63) is 48.2 Å². The zero-order valence-corrected chi connectivity index (χ0v) is 16.4. The highest BCUT2D eigenvalue weighted by Gasteiger charge is 2.16. The van der Waals surface area contributed by atoms with E-state index >= 15 is 0 Å². The number of aromatic nitrogens is 1. The zero-order chi connectivity index (χ0) is 19.9. The highest BCUT2D eigenvalue weighted by Crippen LogP contribution is 2.18. The van der Waals surface area contributed by atoms with E-state index in [1.165, 1.54) is 6.42 Å². The summed E-state index contributed by atoms with van der Waals surface area (Å²) in [5, 5.41) is 2.85. The first kappa shape index (κ1) is 19.7. The number of hydrogen-bond donors (Lipinski definition) is 1. The maximum atomic E-state index is 12.4. The molecule has 2 amide bonds. The van der Waals surface area contributed by atoms with Crippen LogP contribution < -0.4 is 15.0 Å². The second-order valence-electron chi connectivity index (χ2n) is 7.01.